The van der Waals surface area contributed by atoms with Crippen molar-refractivity contribution in [1.29, 1.82) is 0 Å². The molecule has 0 aliphatic heterocycles. The van der Waals surface area contributed by atoms with Crippen LogP contribution in [0.4, 0.5) is 0 Å². The summed E-state index contributed by atoms with van der Waals surface area (Å²) in [6, 6.07) is 0. The van der Waals surface area contributed by atoms with Gasteiger partial charge in [0.25, 0.3) is 0 Å². The number of aliphatic hydroxyl groups is 1. The number of carbonyl (C=O) groups is 1. The minimum absolute atomic E-state index is 0. The third kappa shape index (κ3) is 10.5. The van der Waals surface area contributed by atoms with Gasteiger partial charge in [-0.25, -0.2) is 4.79 Å². The number of ether oxygens (including phenoxy) is 1. The van der Waals surface area contributed by atoms with Gasteiger partial charge in [-0.3, -0.25) is 0 Å². The molecule has 0 rings (SSSR count). The first kappa shape index (κ1) is 15.0. The standard InChI is InChI=1S/C8H12O3.K.H/c1-3-4-5-6-8(10)11-7(2)9;;/h3-7,9H,1-2H3;;/q;+1;-1/b4-3+,6-5+;;. The molecule has 0 radical (unpaired) electrons. The first-order valence-electron chi connectivity index (χ1n) is 3.35. The first-order valence-corrected chi connectivity index (χ1v) is 3.35. The van der Waals surface area contributed by atoms with Crippen molar-refractivity contribution in [1.82, 2.24) is 0 Å². The first-order chi connectivity index (χ1) is 5.16. The molecule has 4 heteroatoms. The fourth-order valence-electron chi connectivity index (χ4n) is 0.453. The van der Waals surface area contributed by atoms with Crippen molar-refractivity contribution in [2.45, 2.75) is 20.1 Å². The van der Waals surface area contributed by atoms with Gasteiger partial charge >= 0.3 is 57.4 Å². The van der Waals surface area contributed by atoms with Crippen LogP contribution in [0.3, 0.4) is 0 Å². The van der Waals surface area contributed by atoms with E-state index < -0.39 is 12.3 Å². The zero-order valence-corrected chi connectivity index (χ0v) is 10.8. The number of esters is 1. The van der Waals surface area contributed by atoms with E-state index in [9.17, 15) is 4.79 Å². The summed E-state index contributed by atoms with van der Waals surface area (Å²) in [6.45, 7) is 3.21. The summed E-state index contributed by atoms with van der Waals surface area (Å²) < 4.78 is 4.39. The summed E-state index contributed by atoms with van der Waals surface area (Å²) in [5, 5.41) is 8.58. The van der Waals surface area contributed by atoms with E-state index in [1.807, 2.05) is 6.92 Å². The van der Waals surface area contributed by atoms with E-state index in [0.29, 0.717) is 0 Å². The van der Waals surface area contributed by atoms with Gasteiger partial charge in [0.05, 0.1) is 0 Å². The molecule has 0 aliphatic rings. The van der Waals surface area contributed by atoms with Crippen LogP contribution in [-0.4, -0.2) is 17.4 Å². The number of carbonyl (C=O) groups excluding carboxylic acids is 1. The van der Waals surface area contributed by atoms with Crippen LogP contribution < -0.4 is 51.4 Å². The Morgan fingerprint density at radius 2 is 2.17 bits per heavy atom. The molecule has 0 saturated carbocycles. The Morgan fingerprint density at radius 1 is 1.58 bits per heavy atom. The minimum Gasteiger partial charge on any atom is -1.00 e. The maximum atomic E-state index is 10.6. The van der Waals surface area contributed by atoms with Crippen LogP contribution in [0.25, 0.3) is 0 Å². The molecule has 0 aliphatic carbocycles. The molecule has 1 N–H and O–H groups in total. The summed E-state index contributed by atoms with van der Waals surface area (Å²) in [4.78, 5) is 10.6. The van der Waals surface area contributed by atoms with Gasteiger partial charge in [0.1, 0.15) is 0 Å². The summed E-state index contributed by atoms with van der Waals surface area (Å²) in [7, 11) is 0. The quantitative estimate of drug-likeness (QED) is 0.189. The van der Waals surface area contributed by atoms with Crippen LogP contribution in [-0.2, 0) is 9.53 Å². The molecule has 0 saturated heterocycles. The van der Waals surface area contributed by atoms with Crippen molar-refractivity contribution in [3.63, 3.8) is 0 Å². The van der Waals surface area contributed by atoms with Crippen molar-refractivity contribution in [2.24, 2.45) is 0 Å². The Morgan fingerprint density at radius 3 is 2.58 bits per heavy atom. The average molecular weight is 196 g/mol. The van der Waals surface area contributed by atoms with Gasteiger partial charge < -0.3 is 11.3 Å². The van der Waals surface area contributed by atoms with Crippen LogP contribution >= 0.6 is 0 Å². The molecule has 12 heavy (non-hydrogen) atoms. The normalized spacial score (nSPS) is 12.9. The van der Waals surface area contributed by atoms with Gasteiger partial charge in [-0.2, -0.15) is 0 Å². The minimum atomic E-state index is -1.04. The fourth-order valence-corrected chi connectivity index (χ4v) is 0.453. The smallest absolute Gasteiger partial charge is 1.00 e. The molecule has 0 spiro atoms. The second-order valence-corrected chi connectivity index (χ2v) is 1.92. The predicted molar refractivity (Wildman–Crippen MR) is 42.8 cm³/mol. The van der Waals surface area contributed by atoms with Crippen molar-refractivity contribution < 1.29 is 67.4 Å². The third-order valence-electron chi connectivity index (χ3n) is 0.823. The molecular weight excluding hydrogens is 183 g/mol. The summed E-state index contributed by atoms with van der Waals surface area (Å²) in [5.41, 5.74) is 0. The number of aliphatic hydroxyl groups excluding tert-OH is 1. The molecule has 1 atom stereocenters. The zero-order valence-electron chi connectivity index (χ0n) is 8.65. The number of allylic oxidation sites excluding steroid dienone is 3. The van der Waals surface area contributed by atoms with E-state index in [1.54, 1.807) is 18.2 Å². The summed E-state index contributed by atoms with van der Waals surface area (Å²) in [6.07, 6.45) is 5.23. The molecule has 0 aromatic rings. The van der Waals surface area contributed by atoms with E-state index in [4.69, 9.17) is 5.11 Å². The second-order valence-electron chi connectivity index (χ2n) is 1.92. The van der Waals surface area contributed by atoms with Gasteiger partial charge in [0, 0.05) is 6.08 Å². The molecule has 0 aromatic heterocycles. The molecule has 0 aromatic carbocycles. The van der Waals surface area contributed by atoms with E-state index in [-0.39, 0.29) is 52.8 Å². The van der Waals surface area contributed by atoms with Crippen LogP contribution in [0, 0.1) is 0 Å². The summed E-state index contributed by atoms with van der Waals surface area (Å²) in [5.74, 6) is -0.543. The topological polar surface area (TPSA) is 46.5 Å². The molecule has 0 fully saturated rings. The Labute approximate surface area is 116 Å². The number of hydrogen-bond donors (Lipinski definition) is 1. The maximum Gasteiger partial charge on any atom is 1.00 e. The Kier molecular flexibility index (Phi) is 12.1. The van der Waals surface area contributed by atoms with Crippen molar-refractivity contribution in [3.8, 4) is 0 Å². The van der Waals surface area contributed by atoms with E-state index in [1.165, 1.54) is 13.0 Å². The predicted octanol–water partition coefficient (Wildman–Crippen LogP) is -1.88. The van der Waals surface area contributed by atoms with Crippen LogP contribution in [0.5, 0.6) is 0 Å². The van der Waals surface area contributed by atoms with Crippen LogP contribution in [0.2, 0.25) is 0 Å². The van der Waals surface area contributed by atoms with Gasteiger partial charge in [-0.05, 0) is 13.8 Å². The zero-order chi connectivity index (χ0) is 8.69. The van der Waals surface area contributed by atoms with Crippen molar-refractivity contribution >= 4 is 5.97 Å². The molecule has 64 valence electrons. The van der Waals surface area contributed by atoms with Gasteiger partial charge in [-0.1, -0.05) is 18.2 Å². The van der Waals surface area contributed by atoms with E-state index in [2.05, 4.69) is 4.74 Å². The average Bonchev–Trinajstić information content (AvgIpc) is 1.86. The molecule has 1 unspecified atom stereocenters. The van der Waals surface area contributed by atoms with Gasteiger partial charge in [0.2, 0.25) is 0 Å². The van der Waals surface area contributed by atoms with E-state index in [0.717, 1.165) is 0 Å². The maximum absolute atomic E-state index is 10.6. The largest absolute Gasteiger partial charge is 1.00 e. The van der Waals surface area contributed by atoms with Crippen LogP contribution in [0.15, 0.2) is 24.3 Å². The van der Waals surface area contributed by atoms with Crippen molar-refractivity contribution in [3.05, 3.63) is 24.3 Å². The molecule has 0 amide bonds. The third-order valence-corrected chi connectivity index (χ3v) is 0.823. The second kappa shape index (κ2) is 9.63. The van der Waals surface area contributed by atoms with Crippen LogP contribution in [0.1, 0.15) is 15.3 Å². The Balaban J connectivity index is -0.000000500. The number of rotatable bonds is 3. The van der Waals surface area contributed by atoms with Gasteiger partial charge in [-0.15, -0.1) is 0 Å². The monoisotopic (exact) mass is 196 g/mol. The summed E-state index contributed by atoms with van der Waals surface area (Å²) >= 11 is 0. The Bertz CT molecular complexity index is 178. The molecule has 0 heterocycles. The SMILES string of the molecule is C/C=C/C=C/C(=O)OC(C)O.[H-].[K+]. The van der Waals surface area contributed by atoms with Gasteiger partial charge in [0.15, 0.2) is 6.29 Å². The van der Waals surface area contributed by atoms with E-state index >= 15 is 0 Å². The van der Waals surface area contributed by atoms with Crippen molar-refractivity contribution in [2.75, 3.05) is 0 Å². The molecule has 3 nitrogen and oxygen atoms in total. The Hall–Kier alpha value is 0.546. The fraction of sp³-hybridized carbons (Fsp3) is 0.375. The molecule has 0 bridgehead atoms. The molecular formula is C8H13KO3. The number of hydrogen-bond acceptors (Lipinski definition) is 3.